The third-order valence-corrected chi connectivity index (χ3v) is 9.26. The van der Waals surface area contributed by atoms with Crippen LogP contribution in [0.25, 0.3) is 80.8 Å². The highest BCUT2D eigenvalue weighted by molar-refractivity contribution is 5.96. The minimum absolute atomic E-state index is 0.0515. The van der Waals surface area contributed by atoms with Crippen molar-refractivity contribution in [2.45, 2.75) is 12.4 Å². The van der Waals surface area contributed by atoms with E-state index in [0.29, 0.717) is 50.4 Å². The van der Waals surface area contributed by atoms with Crippen LogP contribution < -0.4 is 5.32 Å². The minimum atomic E-state index is -4.64. The van der Waals surface area contributed by atoms with Gasteiger partial charge in [-0.05, 0) is 95.6 Å². The Morgan fingerprint density at radius 1 is 0.556 bits per heavy atom. The standard InChI is InChI=1S/C43H29F6N5/c1-50-26-13-10-25(11-14-26)12-17-31-34-20-22-38(53-34)40(29-6-2-4-8-32(29)42(44,45)46)36-18-15-27(51-36)24-28-16-19-37(52-28)41(39-23-21-35(31)54-39)30-7-3-5-9-33(30)43(47,48)49/h2-24,50-51,54H,1H3/b17-12+,27-24?,28-24?,34-31?,35-31?,40-36?,40-38?,41-37?,41-39?. The van der Waals surface area contributed by atoms with Gasteiger partial charge in [-0.3, -0.25) is 0 Å². The predicted octanol–water partition coefficient (Wildman–Crippen LogP) is 12.2. The number of hydrogen-bond acceptors (Lipinski definition) is 3. The SMILES string of the molecule is CNc1ccc(/C=C/c2c3nc(c(-c4ccccc4C(F)(F)F)c4ccc(cc5nc(c(-c6ccccc6C(F)(F)F)c6ccc2[nH]6)C=C5)[nH]4)C=C3)cc1. The summed E-state index contributed by atoms with van der Waals surface area (Å²) in [6.07, 6.45) is 1.13. The normalized spacial score (nSPS) is 12.9. The number of H-pyrrole nitrogens is 2. The molecule has 2 aliphatic rings. The van der Waals surface area contributed by atoms with Gasteiger partial charge in [0.05, 0.1) is 33.9 Å². The molecule has 5 heterocycles. The number of nitrogens with zero attached hydrogens (tertiary/aromatic N) is 2. The van der Waals surface area contributed by atoms with Gasteiger partial charge in [-0.2, -0.15) is 26.3 Å². The number of benzene rings is 3. The fourth-order valence-corrected chi connectivity index (χ4v) is 6.74. The van der Waals surface area contributed by atoms with Gasteiger partial charge < -0.3 is 15.3 Å². The number of alkyl halides is 6. The number of fused-ring (bicyclic) bond motifs is 8. The van der Waals surface area contributed by atoms with E-state index in [0.717, 1.165) is 23.4 Å². The zero-order valence-corrected chi connectivity index (χ0v) is 28.4. The van der Waals surface area contributed by atoms with Crippen LogP contribution >= 0.6 is 0 Å². The summed E-state index contributed by atoms with van der Waals surface area (Å²) in [6, 6.07) is 26.9. The first-order valence-corrected chi connectivity index (χ1v) is 16.9. The number of rotatable bonds is 5. The molecule has 0 saturated heterocycles. The Morgan fingerprint density at radius 2 is 1.11 bits per heavy atom. The van der Waals surface area contributed by atoms with Crippen LogP contribution in [0.3, 0.4) is 0 Å². The first-order valence-electron chi connectivity index (χ1n) is 16.9. The van der Waals surface area contributed by atoms with Crippen LogP contribution in [-0.4, -0.2) is 27.0 Å². The van der Waals surface area contributed by atoms with Crippen molar-refractivity contribution < 1.29 is 26.3 Å². The molecule has 0 radical (unpaired) electrons. The molecule has 2 aliphatic heterocycles. The van der Waals surface area contributed by atoms with Crippen LogP contribution in [0.4, 0.5) is 32.0 Å². The molecule has 0 aliphatic carbocycles. The van der Waals surface area contributed by atoms with Gasteiger partial charge in [-0.1, -0.05) is 60.7 Å². The molecule has 0 atom stereocenters. The monoisotopic (exact) mass is 729 g/mol. The second-order valence-corrected chi connectivity index (χ2v) is 12.7. The van der Waals surface area contributed by atoms with E-state index in [1.54, 1.807) is 66.8 Å². The van der Waals surface area contributed by atoms with Gasteiger partial charge >= 0.3 is 12.4 Å². The Kier molecular flexibility index (Phi) is 8.56. The highest BCUT2D eigenvalue weighted by Crippen LogP contribution is 2.42. The molecule has 0 spiro atoms. The topological polar surface area (TPSA) is 69.4 Å². The number of anilines is 1. The summed E-state index contributed by atoms with van der Waals surface area (Å²) >= 11 is 0. The molecule has 3 aromatic heterocycles. The van der Waals surface area contributed by atoms with E-state index in [2.05, 4.69) is 15.3 Å². The lowest BCUT2D eigenvalue weighted by Crippen LogP contribution is -2.07. The third-order valence-electron chi connectivity index (χ3n) is 9.26. The van der Waals surface area contributed by atoms with Crippen LogP contribution in [0.2, 0.25) is 0 Å². The third kappa shape index (κ3) is 6.60. The van der Waals surface area contributed by atoms with Gasteiger partial charge in [0.25, 0.3) is 0 Å². The zero-order chi connectivity index (χ0) is 37.6. The number of nitrogens with one attached hydrogen (secondary N) is 3. The van der Waals surface area contributed by atoms with E-state index < -0.39 is 23.5 Å². The largest absolute Gasteiger partial charge is 0.417 e. The Bertz CT molecular complexity index is 2620. The van der Waals surface area contributed by atoms with Crippen molar-refractivity contribution in [3.63, 3.8) is 0 Å². The second kappa shape index (κ2) is 13.4. The van der Waals surface area contributed by atoms with Gasteiger partial charge in [-0.15, -0.1) is 0 Å². The molecule has 3 aromatic carbocycles. The van der Waals surface area contributed by atoms with Gasteiger partial charge in [0, 0.05) is 51.5 Å². The fraction of sp³-hybridized carbons (Fsp3) is 0.0698. The maximum atomic E-state index is 14.5. The fourth-order valence-electron chi connectivity index (χ4n) is 6.74. The Morgan fingerprint density at radius 3 is 1.76 bits per heavy atom. The number of aromatic nitrogens is 4. The van der Waals surface area contributed by atoms with Crippen LogP contribution in [0, 0.1) is 0 Å². The van der Waals surface area contributed by atoms with Gasteiger partial charge in [0.2, 0.25) is 0 Å². The minimum Gasteiger partial charge on any atom is -0.388 e. The molecular weight excluding hydrogens is 700 g/mol. The van der Waals surface area contributed by atoms with Crippen molar-refractivity contribution in [3.05, 3.63) is 148 Å². The molecule has 6 aromatic rings. The Balaban J connectivity index is 1.49. The maximum absolute atomic E-state index is 14.5. The average Bonchev–Trinajstić information content (AvgIpc) is 3.99. The van der Waals surface area contributed by atoms with Crippen molar-refractivity contribution in [1.82, 2.24) is 19.9 Å². The summed E-state index contributed by atoms with van der Waals surface area (Å²) in [6.45, 7) is 0. The first-order chi connectivity index (χ1) is 26.0. The highest BCUT2D eigenvalue weighted by atomic mass is 19.4. The van der Waals surface area contributed by atoms with E-state index in [1.165, 1.54) is 24.3 Å². The molecule has 0 fully saturated rings. The van der Waals surface area contributed by atoms with Crippen molar-refractivity contribution in [2.24, 2.45) is 0 Å². The summed E-state index contributed by atoms with van der Waals surface area (Å²) in [5.41, 5.74) is 4.35. The summed E-state index contributed by atoms with van der Waals surface area (Å²) in [4.78, 5) is 16.2. The summed E-state index contributed by atoms with van der Waals surface area (Å²) in [7, 11) is 1.82. The van der Waals surface area contributed by atoms with Crippen LogP contribution in [0.5, 0.6) is 0 Å². The van der Waals surface area contributed by atoms with Gasteiger partial charge in [-0.25, -0.2) is 9.97 Å². The van der Waals surface area contributed by atoms with Crippen LogP contribution in [0.1, 0.15) is 45.0 Å². The lowest BCUT2D eigenvalue weighted by Gasteiger charge is -2.13. The molecule has 0 unspecified atom stereocenters. The van der Waals surface area contributed by atoms with Crippen LogP contribution in [-0.2, 0) is 12.4 Å². The summed E-state index contributed by atoms with van der Waals surface area (Å²) in [5, 5.41) is 3.08. The lowest BCUT2D eigenvalue weighted by atomic mass is 9.98. The molecule has 0 amide bonds. The molecule has 268 valence electrons. The van der Waals surface area contributed by atoms with E-state index in [-0.39, 0.29) is 22.3 Å². The molecule has 3 N–H and O–H groups in total. The first kappa shape index (κ1) is 34.5. The molecule has 0 saturated carbocycles. The van der Waals surface area contributed by atoms with Crippen molar-refractivity contribution in [3.8, 4) is 22.3 Å². The highest BCUT2D eigenvalue weighted by Gasteiger charge is 2.35. The van der Waals surface area contributed by atoms with Crippen molar-refractivity contribution >= 4 is 64.2 Å². The Hall–Kier alpha value is -6.62. The number of aromatic amines is 2. The molecular formula is C43H29F6N5. The average molecular weight is 730 g/mol. The van der Waals surface area contributed by atoms with E-state index in [9.17, 15) is 26.3 Å². The summed E-state index contributed by atoms with van der Waals surface area (Å²) < 4.78 is 86.8. The Labute approximate surface area is 305 Å². The quantitative estimate of drug-likeness (QED) is 0.155. The lowest BCUT2D eigenvalue weighted by molar-refractivity contribution is -0.137. The molecule has 5 nitrogen and oxygen atoms in total. The number of hydrogen-bond donors (Lipinski definition) is 3. The second-order valence-electron chi connectivity index (χ2n) is 12.7. The van der Waals surface area contributed by atoms with E-state index in [1.807, 2.05) is 43.5 Å². The zero-order valence-electron chi connectivity index (χ0n) is 28.4. The molecule has 54 heavy (non-hydrogen) atoms. The van der Waals surface area contributed by atoms with Crippen LogP contribution in [0.15, 0.2) is 103 Å². The number of halogens is 6. The molecule has 8 rings (SSSR count). The van der Waals surface area contributed by atoms with E-state index in [4.69, 9.17) is 9.97 Å². The van der Waals surface area contributed by atoms with Gasteiger partial charge in [0.1, 0.15) is 0 Å². The smallest absolute Gasteiger partial charge is 0.388 e. The predicted molar refractivity (Wildman–Crippen MR) is 205 cm³/mol. The van der Waals surface area contributed by atoms with E-state index >= 15 is 0 Å². The molecule has 11 heteroatoms. The molecule has 8 bridgehead atoms. The maximum Gasteiger partial charge on any atom is 0.417 e. The van der Waals surface area contributed by atoms with Crippen molar-refractivity contribution in [2.75, 3.05) is 12.4 Å². The summed E-state index contributed by atoms with van der Waals surface area (Å²) in [5.74, 6) is 0. The van der Waals surface area contributed by atoms with Gasteiger partial charge in [0.15, 0.2) is 0 Å². The van der Waals surface area contributed by atoms with Crippen molar-refractivity contribution in [1.29, 1.82) is 0 Å².